The summed E-state index contributed by atoms with van der Waals surface area (Å²) in [7, 11) is 3.37. The van der Waals surface area contributed by atoms with Crippen molar-refractivity contribution in [3.05, 3.63) is 41.2 Å². The summed E-state index contributed by atoms with van der Waals surface area (Å²) in [4.78, 5) is 12.6. The quantitative estimate of drug-likeness (QED) is 0.946. The Morgan fingerprint density at radius 1 is 1.32 bits per heavy atom. The molecule has 0 fully saturated rings. The summed E-state index contributed by atoms with van der Waals surface area (Å²) in [6.07, 6.45) is 0. The predicted molar refractivity (Wildman–Crippen MR) is 87.6 cm³/mol. The molecule has 0 unspecified atom stereocenters. The fourth-order valence-corrected chi connectivity index (χ4v) is 2.19. The van der Waals surface area contributed by atoms with Crippen molar-refractivity contribution in [3.63, 3.8) is 0 Å². The van der Waals surface area contributed by atoms with Crippen molar-refractivity contribution < 1.29 is 9.53 Å². The summed E-state index contributed by atoms with van der Waals surface area (Å²) in [5, 5.41) is 7.36. The van der Waals surface area contributed by atoms with Gasteiger partial charge in [-0.15, -0.1) is 0 Å². The fourth-order valence-electron chi connectivity index (χ4n) is 2.19. The molecule has 1 aromatic carbocycles. The molecule has 1 heterocycles. The van der Waals surface area contributed by atoms with Gasteiger partial charge in [-0.2, -0.15) is 5.10 Å². The molecule has 0 atom stereocenters. The molecule has 1 N–H and O–H groups in total. The first-order chi connectivity index (χ1) is 10.2. The van der Waals surface area contributed by atoms with Crippen LogP contribution in [0.1, 0.15) is 42.5 Å². The minimum Gasteiger partial charge on any atom is -0.495 e. The summed E-state index contributed by atoms with van der Waals surface area (Å²) < 4.78 is 6.93. The van der Waals surface area contributed by atoms with E-state index in [1.165, 1.54) is 0 Å². The smallest absolute Gasteiger partial charge is 0.274 e. The molecule has 0 bridgehead atoms. The second kappa shape index (κ2) is 5.83. The Morgan fingerprint density at radius 2 is 2.00 bits per heavy atom. The van der Waals surface area contributed by atoms with Crippen LogP contribution in [0.3, 0.4) is 0 Å². The fraction of sp³-hybridized carbons (Fsp3) is 0.412. The standard InChI is InChI=1S/C17H23N3O2/c1-11-8-7-9-13(22-6)15(11)18-16(21)12-10-14(17(2,3)4)19-20(12)5/h7-10H,1-6H3,(H,18,21). The van der Waals surface area contributed by atoms with Crippen LogP contribution in [0.2, 0.25) is 0 Å². The lowest BCUT2D eigenvalue weighted by Crippen LogP contribution is -2.17. The number of methoxy groups -OCH3 is 1. The van der Waals surface area contributed by atoms with Gasteiger partial charge in [-0.1, -0.05) is 32.9 Å². The third kappa shape index (κ3) is 3.13. The number of rotatable bonds is 3. The van der Waals surface area contributed by atoms with E-state index < -0.39 is 0 Å². The minimum absolute atomic E-state index is 0.101. The van der Waals surface area contributed by atoms with Crippen LogP contribution in [0.15, 0.2) is 24.3 Å². The maximum absolute atomic E-state index is 12.6. The molecule has 0 spiro atoms. The minimum atomic E-state index is -0.196. The van der Waals surface area contributed by atoms with Crippen LogP contribution < -0.4 is 10.1 Å². The van der Waals surface area contributed by atoms with E-state index in [2.05, 4.69) is 31.2 Å². The third-order valence-corrected chi connectivity index (χ3v) is 3.57. The largest absolute Gasteiger partial charge is 0.495 e. The summed E-state index contributed by atoms with van der Waals surface area (Å²) in [5.41, 5.74) is 2.95. The van der Waals surface area contributed by atoms with Gasteiger partial charge >= 0.3 is 0 Å². The normalized spacial score (nSPS) is 11.4. The first kappa shape index (κ1) is 16.1. The molecule has 0 saturated carbocycles. The van der Waals surface area contributed by atoms with Gasteiger partial charge in [0, 0.05) is 12.5 Å². The Balaban J connectivity index is 2.33. The second-order valence-electron chi connectivity index (χ2n) is 6.39. The van der Waals surface area contributed by atoms with Gasteiger partial charge in [0.05, 0.1) is 18.5 Å². The van der Waals surface area contributed by atoms with Gasteiger partial charge in [0.2, 0.25) is 0 Å². The molecular weight excluding hydrogens is 278 g/mol. The average Bonchev–Trinajstić information content (AvgIpc) is 2.83. The van der Waals surface area contributed by atoms with Crippen molar-refractivity contribution in [1.29, 1.82) is 0 Å². The topological polar surface area (TPSA) is 56.1 Å². The number of anilines is 1. The molecule has 1 amide bonds. The van der Waals surface area contributed by atoms with E-state index in [4.69, 9.17) is 4.74 Å². The first-order valence-electron chi connectivity index (χ1n) is 7.23. The number of hydrogen-bond donors (Lipinski definition) is 1. The predicted octanol–water partition coefficient (Wildman–Crippen LogP) is 3.29. The number of nitrogens with one attached hydrogen (secondary N) is 1. The number of ether oxygens (including phenoxy) is 1. The Bertz CT molecular complexity index is 696. The number of hydrogen-bond acceptors (Lipinski definition) is 3. The van der Waals surface area contributed by atoms with E-state index in [0.29, 0.717) is 17.1 Å². The molecule has 2 aromatic rings. The monoisotopic (exact) mass is 301 g/mol. The van der Waals surface area contributed by atoms with Gasteiger partial charge in [0.25, 0.3) is 5.91 Å². The Labute approximate surface area is 131 Å². The molecule has 0 aliphatic rings. The Hall–Kier alpha value is -2.30. The van der Waals surface area contributed by atoms with Gasteiger partial charge in [0.15, 0.2) is 0 Å². The zero-order valence-electron chi connectivity index (χ0n) is 14.0. The highest BCUT2D eigenvalue weighted by Crippen LogP contribution is 2.28. The van der Waals surface area contributed by atoms with E-state index in [0.717, 1.165) is 11.3 Å². The number of carbonyl (C=O) groups is 1. The van der Waals surface area contributed by atoms with Crippen LogP contribution >= 0.6 is 0 Å². The lowest BCUT2D eigenvalue weighted by Gasteiger charge is -2.13. The maximum atomic E-state index is 12.6. The van der Waals surface area contributed by atoms with Crippen LogP contribution in [0, 0.1) is 6.92 Å². The van der Waals surface area contributed by atoms with E-state index in [1.54, 1.807) is 18.8 Å². The number of amides is 1. The zero-order valence-corrected chi connectivity index (χ0v) is 14.0. The van der Waals surface area contributed by atoms with E-state index in [1.807, 2.05) is 31.2 Å². The molecule has 5 heteroatoms. The number of carbonyl (C=O) groups excluding carboxylic acids is 1. The van der Waals surface area contributed by atoms with Crippen molar-refractivity contribution in [1.82, 2.24) is 9.78 Å². The molecule has 2 rings (SSSR count). The van der Waals surface area contributed by atoms with Crippen molar-refractivity contribution in [2.45, 2.75) is 33.1 Å². The molecule has 22 heavy (non-hydrogen) atoms. The van der Waals surface area contributed by atoms with Gasteiger partial charge in [-0.25, -0.2) is 0 Å². The highest BCUT2D eigenvalue weighted by molar-refractivity contribution is 6.04. The van der Waals surface area contributed by atoms with Crippen LogP contribution in [0.5, 0.6) is 5.75 Å². The number of aryl methyl sites for hydroxylation is 2. The highest BCUT2D eigenvalue weighted by atomic mass is 16.5. The van der Waals surface area contributed by atoms with E-state index >= 15 is 0 Å². The summed E-state index contributed by atoms with van der Waals surface area (Å²) in [6.45, 7) is 8.14. The van der Waals surface area contributed by atoms with Crippen molar-refractivity contribution in [2.24, 2.45) is 7.05 Å². The molecule has 0 saturated heterocycles. The molecule has 0 aliphatic heterocycles. The molecule has 118 valence electrons. The first-order valence-corrected chi connectivity index (χ1v) is 7.23. The summed E-state index contributed by atoms with van der Waals surface area (Å²) in [6, 6.07) is 7.49. The third-order valence-electron chi connectivity index (χ3n) is 3.57. The lowest BCUT2D eigenvalue weighted by molar-refractivity contribution is 0.101. The number of aromatic nitrogens is 2. The summed E-state index contributed by atoms with van der Waals surface area (Å²) in [5.74, 6) is 0.449. The Morgan fingerprint density at radius 3 is 2.55 bits per heavy atom. The van der Waals surface area contributed by atoms with Crippen molar-refractivity contribution >= 4 is 11.6 Å². The lowest BCUT2D eigenvalue weighted by atomic mass is 9.92. The van der Waals surface area contributed by atoms with Crippen LogP contribution in [-0.2, 0) is 12.5 Å². The van der Waals surface area contributed by atoms with Crippen LogP contribution in [0.4, 0.5) is 5.69 Å². The number of para-hydroxylation sites is 1. The van der Waals surface area contributed by atoms with Gasteiger partial charge in [0.1, 0.15) is 11.4 Å². The second-order valence-corrected chi connectivity index (χ2v) is 6.39. The van der Waals surface area contributed by atoms with E-state index in [9.17, 15) is 4.79 Å². The molecular formula is C17H23N3O2. The maximum Gasteiger partial charge on any atom is 0.274 e. The van der Waals surface area contributed by atoms with Crippen LogP contribution in [0.25, 0.3) is 0 Å². The van der Waals surface area contributed by atoms with Gasteiger partial charge in [-0.05, 0) is 24.6 Å². The van der Waals surface area contributed by atoms with E-state index in [-0.39, 0.29) is 11.3 Å². The molecule has 0 radical (unpaired) electrons. The molecule has 1 aromatic heterocycles. The zero-order chi connectivity index (χ0) is 16.5. The van der Waals surface area contributed by atoms with Gasteiger partial charge in [-0.3, -0.25) is 9.48 Å². The van der Waals surface area contributed by atoms with Gasteiger partial charge < -0.3 is 10.1 Å². The van der Waals surface area contributed by atoms with Crippen molar-refractivity contribution in [3.8, 4) is 5.75 Å². The highest BCUT2D eigenvalue weighted by Gasteiger charge is 2.22. The Kier molecular flexibility index (Phi) is 4.26. The molecule has 0 aliphatic carbocycles. The molecule has 5 nitrogen and oxygen atoms in total. The number of benzene rings is 1. The van der Waals surface area contributed by atoms with Crippen LogP contribution in [-0.4, -0.2) is 22.8 Å². The number of nitrogens with zero attached hydrogens (tertiary/aromatic N) is 2. The average molecular weight is 301 g/mol. The SMILES string of the molecule is COc1cccc(C)c1NC(=O)c1cc(C(C)(C)C)nn1C. The van der Waals surface area contributed by atoms with Crippen molar-refractivity contribution in [2.75, 3.05) is 12.4 Å². The summed E-state index contributed by atoms with van der Waals surface area (Å²) >= 11 is 0.